The van der Waals surface area contributed by atoms with E-state index in [-0.39, 0.29) is 36.4 Å². The van der Waals surface area contributed by atoms with Crippen LogP contribution in [0.15, 0.2) is 5.38 Å². The van der Waals surface area contributed by atoms with Crippen molar-refractivity contribution >= 4 is 27.3 Å². The van der Waals surface area contributed by atoms with Crippen molar-refractivity contribution in [3.05, 3.63) is 16.1 Å². The van der Waals surface area contributed by atoms with E-state index in [0.717, 1.165) is 23.4 Å². The van der Waals surface area contributed by atoms with Gasteiger partial charge in [-0.05, 0) is 13.3 Å². The van der Waals surface area contributed by atoms with Crippen LogP contribution in [0.25, 0.3) is 0 Å². The van der Waals surface area contributed by atoms with Gasteiger partial charge in [-0.2, -0.15) is 0 Å². The lowest BCUT2D eigenvalue weighted by molar-refractivity contribution is -0.124. The number of nitrogens with zero attached hydrogens (tertiary/aromatic N) is 1. The van der Waals surface area contributed by atoms with Crippen molar-refractivity contribution in [1.29, 1.82) is 0 Å². The van der Waals surface area contributed by atoms with E-state index in [9.17, 15) is 13.2 Å². The van der Waals surface area contributed by atoms with E-state index in [2.05, 4.69) is 15.0 Å². The van der Waals surface area contributed by atoms with Gasteiger partial charge >= 0.3 is 0 Å². The Labute approximate surface area is 133 Å². The standard InChI is InChI=1S/C13H19N3O4S2/c1-7-14-8(6-21-7)5-10(17)15-11-9-3-4-20-13(9)12(11)16-22(2,18)19/h6,9,11-13,16H,3-5H2,1-2H3,(H,15,17)/t9-,11+,12-,13-/m1/s1. The quantitative estimate of drug-likeness (QED) is 0.771. The number of ether oxygens (including phenoxy) is 1. The number of carbonyl (C=O) groups is 1. The first kappa shape index (κ1) is 15.9. The summed E-state index contributed by atoms with van der Waals surface area (Å²) in [5.41, 5.74) is 0.742. The van der Waals surface area contributed by atoms with Crippen molar-refractivity contribution in [1.82, 2.24) is 15.0 Å². The molecule has 1 saturated heterocycles. The van der Waals surface area contributed by atoms with Crippen LogP contribution in [0.5, 0.6) is 0 Å². The van der Waals surface area contributed by atoms with E-state index >= 15 is 0 Å². The number of hydrogen-bond donors (Lipinski definition) is 2. The summed E-state index contributed by atoms with van der Waals surface area (Å²) in [5, 5.41) is 5.72. The summed E-state index contributed by atoms with van der Waals surface area (Å²) in [5.74, 6) is 0.0429. The number of carbonyl (C=O) groups excluding carboxylic acids is 1. The third kappa shape index (κ3) is 3.32. The van der Waals surface area contributed by atoms with Crippen LogP contribution >= 0.6 is 11.3 Å². The Hall–Kier alpha value is -1.03. The van der Waals surface area contributed by atoms with Crippen LogP contribution in [0, 0.1) is 12.8 Å². The number of rotatable bonds is 5. The number of sulfonamides is 1. The van der Waals surface area contributed by atoms with Crippen molar-refractivity contribution in [3.63, 3.8) is 0 Å². The van der Waals surface area contributed by atoms with Crippen LogP contribution in [0.1, 0.15) is 17.1 Å². The van der Waals surface area contributed by atoms with Crippen molar-refractivity contribution in [3.8, 4) is 0 Å². The molecule has 7 nitrogen and oxygen atoms in total. The van der Waals surface area contributed by atoms with Gasteiger partial charge in [-0.3, -0.25) is 4.79 Å². The molecule has 2 aliphatic rings. The highest BCUT2D eigenvalue weighted by molar-refractivity contribution is 7.88. The Balaban J connectivity index is 1.63. The highest BCUT2D eigenvalue weighted by Crippen LogP contribution is 2.39. The minimum absolute atomic E-state index is 0.137. The topological polar surface area (TPSA) is 97.4 Å². The van der Waals surface area contributed by atoms with Gasteiger partial charge < -0.3 is 10.1 Å². The Kier molecular flexibility index (Phi) is 4.23. The van der Waals surface area contributed by atoms with Gasteiger partial charge in [-0.15, -0.1) is 11.3 Å². The molecule has 22 heavy (non-hydrogen) atoms. The molecule has 2 heterocycles. The normalized spacial score (nSPS) is 30.6. The van der Waals surface area contributed by atoms with Crippen LogP contribution in [0.4, 0.5) is 0 Å². The molecule has 1 aromatic heterocycles. The van der Waals surface area contributed by atoms with Crippen molar-refractivity contribution < 1.29 is 17.9 Å². The number of fused-ring (bicyclic) bond motifs is 1. The molecule has 1 aliphatic heterocycles. The summed E-state index contributed by atoms with van der Waals surface area (Å²) in [7, 11) is -3.34. The molecule has 0 bridgehead atoms. The summed E-state index contributed by atoms with van der Waals surface area (Å²) < 4.78 is 31.0. The lowest BCUT2D eigenvalue weighted by Gasteiger charge is -2.47. The van der Waals surface area contributed by atoms with Crippen LogP contribution < -0.4 is 10.0 Å². The van der Waals surface area contributed by atoms with Gasteiger partial charge in [0.15, 0.2) is 0 Å². The first-order valence-corrected chi connectivity index (χ1v) is 9.90. The van der Waals surface area contributed by atoms with E-state index in [1.54, 1.807) is 0 Å². The fourth-order valence-corrected chi connectivity index (χ4v) is 4.57. The van der Waals surface area contributed by atoms with Crippen LogP contribution in [-0.2, 0) is 26.0 Å². The summed E-state index contributed by atoms with van der Waals surface area (Å²) >= 11 is 1.51. The van der Waals surface area contributed by atoms with Crippen LogP contribution in [-0.4, -0.2) is 50.4 Å². The SMILES string of the molecule is Cc1nc(CC(=O)N[C@H]2[C@H]3CCO[C@H]3[C@@H]2NS(C)(=O)=O)cs1. The minimum atomic E-state index is -3.34. The molecule has 2 fully saturated rings. The summed E-state index contributed by atoms with van der Waals surface area (Å²) in [6.07, 6.45) is 2.03. The van der Waals surface area contributed by atoms with Gasteiger partial charge in [-0.25, -0.2) is 18.1 Å². The third-order valence-electron chi connectivity index (χ3n) is 4.07. The number of aromatic nitrogens is 1. The molecule has 0 radical (unpaired) electrons. The van der Waals surface area contributed by atoms with Gasteiger partial charge in [0.25, 0.3) is 0 Å². The number of thiazole rings is 1. The van der Waals surface area contributed by atoms with Gasteiger partial charge in [0, 0.05) is 17.9 Å². The second kappa shape index (κ2) is 5.88. The second-order valence-electron chi connectivity index (χ2n) is 5.83. The summed E-state index contributed by atoms with van der Waals surface area (Å²) in [6.45, 7) is 2.50. The molecule has 0 aromatic carbocycles. The average molecular weight is 345 g/mol. The number of amides is 1. The lowest BCUT2D eigenvalue weighted by Crippen LogP contribution is -2.70. The van der Waals surface area contributed by atoms with Gasteiger partial charge in [0.2, 0.25) is 15.9 Å². The Morgan fingerprint density at radius 2 is 2.27 bits per heavy atom. The molecule has 122 valence electrons. The summed E-state index contributed by atoms with van der Waals surface area (Å²) in [6, 6.07) is -0.599. The number of aryl methyl sites for hydroxylation is 1. The molecule has 3 rings (SSSR count). The number of hydrogen-bond acceptors (Lipinski definition) is 6. The minimum Gasteiger partial charge on any atom is -0.376 e. The zero-order valence-corrected chi connectivity index (χ0v) is 14.0. The summed E-state index contributed by atoms with van der Waals surface area (Å²) in [4.78, 5) is 16.4. The Morgan fingerprint density at radius 3 is 2.91 bits per heavy atom. The smallest absolute Gasteiger partial charge is 0.226 e. The maximum Gasteiger partial charge on any atom is 0.226 e. The lowest BCUT2D eigenvalue weighted by atomic mass is 9.72. The average Bonchev–Trinajstić information content (AvgIpc) is 3.00. The fraction of sp³-hybridized carbons (Fsp3) is 0.692. The predicted octanol–water partition coefficient (Wildman–Crippen LogP) is -0.185. The Bertz CT molecular complexity index is 673. The first-order valence-electron chi connectivity index (χ1n) is 7.13. The first-order chi connectivity index (χ1) is 10.3. The molecule has 4 atom stereocenters. The number of nitrogens with one attached hydrogen (secondary N) is 2. The molecular weight excluding hydrogens is 326 g/mol. The van der Waals surface area contributed by atoms with Crippen molar-refractivity contribution in [2.45, 2.75) is 38.0 Å². The van der Waals surface area contributed by atoms with Gasteiger partial charge in [0.05, 0.1) is 41.6 Å². The Morgan fingerprint density at radius 1 is 1.50 bits per heavy atom. The highest BCUT2D eigenvalue weighted by Gasteiger charge is 2.55. The van der Waals surface area contributed by atoms with Crippen LogP contribution in [0.3, 0.4) is 0 Å². The molecule has 9 heteroatoms. The predicted molar refractivity (Wildman–Crippen MR) is 82.1 cm³/mol. The van der Waals surface area contributed by atoms with Crippen molar-refractivity contribution in [2.75, 3.05) is 12.9 Å². The second-order valence-corrected chi connectivity index (χ2v) is 8.67. The molecule has 1 saturated carbocycles. The molecule has 1 aliphatic carbocycles. The zero-order valence-electron chi connectivity index (χ0n) is 12.4. The molecule has 1 aromatic rings. The third-order valence-corrected chi connectivity index (χ3v) is 5.59. The zero-order chi connectivity index (χ0) is 15.9. The molecule has 0 spiro atoms. The molecule has 2 N–H and O–H groups in total. The highest BCUT2D eigenvalue weighted by atomic mass is 32.2. The van der Waals surface area contributed by atoms with E-state index in [0.29, 0.717) is 6.61 Å². The molecule has 0 unspecified atom stereocenters. The van der Waals surface area contributed by atoms with E-state index in [4.69, 9.17) is 4.74 Å². The maximum atomic E-state index is 12.2. The fourth-order valence-electron chi connectivity index (χ4n) is 3.18. The van der Waals surface area contributed by atoms with Gasteiger partial charge in [-0.1, -0.05) is 0 Å². The monoisotopic (exact) mass is 345 g/mol. The van der Waals surface area contributed by atoms with E-state index in [1.165, 1.54) is 11.3 Å². The van der Waals surface area contributed by atoms with Crippen LogP contribution in [0.2, 0.25) is 0 Å². The van der Waals surface area contributed by atoms with Crippen molar-refractivity contribution in [2.24, 2.45) is 5.92 Å². The molecular formula is C13H19N3O4S2. The largest absolute Gasteiger partial charge is 0.376 e. The van der Waals surface area contributed by atoms with E-state index < -0.39 is 10.0 Å². The van der Waals surface area contributed by atoms with E-state index in [1.807, 2.05) is 12.3 Å². The molecule has 1 amide bonds. The maximum absolute atomic E-state index is 12.2. The van der Waals surface area contributed by atoms with Gasteiger partial charge in [0.1, 0.15) is 0 Å².